The molecule has 0 fully saturated rings. The molecule has 0 amide bonds. The number of hydrogen-bond acceptors (Lipinski definition) is 6. The van der Waals surface area contributed by atoms with Gasteiger partial charge in [-0.3, -0.25) is 4.72 Å². The Balaban J connectivity index is 1.94. The van der Waals surface area contributed by atoms with Gasteiger partial charge in [0.2, 0.25) is 0 Å². The number of hydrogen-bond donors (Lipinski definition) is 1. The van der Waals surface area contributed by atoms with Crippen LogP contribution in [0.2, 0.25) is 0 Å². The number of benzene rings is 1. The highest BCUT2D eigenvalue weighted by Crippen LogP contribution is 2.35. The van der Waals surface area contributed by atoms with Crippen LogP contribution in [0.1, 0.15) is 11.8 Å². The number of para-hydroxylation sites is 2. The molecule has 8 heteroatoms. The molecular formula is C16H16N2O4S2. The monoisotopic (exact) mass is 364 g/mol. The van der Waals surface area contributed by atoms with Gasteiger partial charge in [0.05, 0.1) is 23.4 Å². The maximum absolute atomic E-state index is 12.8. The molecule has 0 bridgehead atoms. The number of nitrogens with one attached hydrogen (secondary N) is 1. The highest BCUT2D eigenvalue weighted by atomic mass is 32.2. The Labute approximate surface area is 144 Å². The molecule has 126 valence electrons. The van der Waals surface area contributed by atoms with Gasteiger partial charge < -0.3 is 9.26 Å². The normalized spacial score (nSPS) is 11.4. The van der Waals surface area contributed by atoms with Crippen LogP contribution in [0.5, 0.6) is 5.75 Å². The number of thiophene rings is 1. The minimum Gasteiger partial charge on any atom is -0.492 e. The van der Waals surface area contributed by atoms with E-state index in [2.05, 4.69) is 9.88 Å². The topological polar surface area (TPSA) is 81.4 Å². The van der Waals surface area contributed by atoms with Crippen molar-refractivity contribution in [1.82, 2.24) is 5.16 Å². The predicted molar refractivity (Wildman–Crippen MR) is 93.0 cm³/mol. The van der Waals surface area contributed by atoms with Crippen LogP contribution in [-0.2, 0) is 10.0 Å². The second kappa shape index (κ2) is 6.66. The van der Waals surface area contributed by atoms with Gasteiger partial charge in [-0.15, -0.1) is 11.3 Å². The first kappa shape index (κ1) is 16.5. The summed E-state index contributed by atoms with van der Waals surface area (Å²) in [5, 5.41) is 3.65. The Bertz CT molecular complexity index is 931. The van der Waals surface area contributed by atoms with Gasteiger partial charge in [-0.2, -0.15) is 0 Å². The van der Waals surface area contributed by atoms with Crippen molar-refractivity contribution >= 4 is 27.0 Å². The molecule has 6 nitrogen and oxygen atoms in total. The molecule has 0 aliphatic carbocycles. The first-order valence-corrected chi connectivity index (χ1v) is 9.57. The van der Waals surface area contributed by atoms with Gasteiger partial charge >= 0.3 is 0 Å². The van der Waals surface area contributed by atoms with Crippen LogP contribution in [-0.4, -0.2) is 20.2 Å². The van der Waals surface area contributed by atoms with Gasteiger partial charge in [-0.1, -0.05) is 17.3 Å². The Kier molecular flexibility index (Phi) is 4.59. The maximum atomic E-state index is 12.8. The third-order valence-electron chi connectivity index (χ3n) is 3.27. The van der Waals surface area contributed by atoms with E-state index in [1.807, 2.05) is 6.92 Å². The van der Waals surface area contributed by atoms with Crippen molar-refractivity contribution in [3.63, 3.8) is 0 Å². The smallest absolute Gasteiger partial charge is 0.263 e. The van der Waals surface area contributed by atoms with E-state index in [0.717, 1.165) is 0 Å². The first-order chi connectivity index (χ1) is 11.5. The third kappa shape index (κ3) is 3.29. The molecule has 0 spiro atoms. The SMILES string of the molecule is CCOc1ccccc1NS(=O)(=O)c1cc(-c2ccno2)sc1C. The summed E-state index contributed by atoms with van der Waals surface area (Å²) in [6.45, 7) is 4.05. The van der Waals surface area contributed by atoms with Gasteiger partial charge in [0.15, 0.2) is 5.76 Å². The lowest BCUT2D eigenvalue weighted by molar-refractivity contribution is 0.342. The Hall–Kier alpha value is -2.32. The van der Waals surface area contributed by atoms with Gasteiger partial charge in [-0.25, -0.2) is 8.42 Å². The molecule has 0 saturated heterocycles. The van der Waals surface area contributed by atoms with E-state index in [0.29, 0.717) is 33.6 Å². The highest BCUT2D eigenvalue weighted by Gasteiger charge is 2.22. The second-order valence-electron chi connectivity index (χ2n) is 4.94. The van der Waals surface area contributed by atoms with E-state index in [1.54, 1.807) is 43.3 Å². The van der Waals surface area contributed by atoms with Crippen LogP contribution in [0.25, 0.3) is 10.6 Å². The largest absolute Gasteiger partial charge is 0.492 e. The molecule has 0 aliphatic heterocycles. The molecule has 0 atom stereocenters. The summed E-state index contributed by atoms with van der Waals surface area (Å²) in [5.41, 5.74) is 0.408. The minimum atomic E-state index is -3.74. The van der Waals surface area contributed by atoms with Crippen molar-refractivity contribution in [2.24, 2.45) is 0 Å². The van der Waals surface area contributed by atoms with Crippen LogP contribution in [0, 0.1) is 6.92 Å². The fraction of sp³-hybridized carbons (Fsp3) is 0.188. The number of sulfonamides is 1. The summed E-state index contributed by atoms with van der Waals surface area (Å²) in [5.74, 6) is 1.03. The first-order valence-electron chi connectivity index (χ1n) is 7.27. The molecule has 0 aliphatic rings. The quantitative estimate of drug-likeness (QED) is 0.717. The highest BCUT2D eigenvalue weighted by molar-refractivity contribution is 7.93. The van der Waals surface area contributed by atoms with Crippen LogP contribution in [0.15, 0.2) is 52.0 Å². The summed E-state index contributed by atoms with van der Waals surface area (Å²) in [7, 11) is -3.74. The van der Waals surface area contributed by atoms with Gasteiger partial charge in [-0.05, 0) is 32.0 Å². The second-order valence-corrected chi connectivity index (χ2v) is 7.85. The third-order valence-corrected chi connectivity index (χ3v) is 5.96. The zero-order chi connectivity index (χ0) is 17.2. The number of rotatable bonds is 6. The fourth-order valence-corrected chi connectivity index (χ4v) is 4.85. The molecule has 3 aromatic rings. The molecule has 1 N–H and O–H groups in total. The molecule has 24 heavy (non-hydrogen) atoms. The summed E-state index contributed by atoms with van der Waals surface area (Å²) < 4.78 is 38.7. The zero-order valence-electron chi connectivity index (χ0n) is 13.1. The van der Waals surface area contributed by atoms with E-state index >= 15 is 0 Å². The van der Waals surface area contributed by atoms with Crippen molar-refractivity contribution in [1.29, 1.82) is 0 Å². The number of anilines is 1. The van der Waals surface area contributed by atoms with E-state index < -0.39 is 10.0 Å². The number of nitrogens with zero attached hydrogens (tertiary/aromatic N) is 1. The summed E-state index contributed by atoms with van der Waals surface area (Å²) >= 11 is 1.34. The molecule has 0 saturated carbocycles. The van der Waals surface area contributed by atoms with Crippen molar-refractivity contribution in [3.05, 3.63) is 47.5 Å². The number of aromatic nitrogens is 1. The summed E-state index contributed by atoms with van der Waals surface area (Å²) in [6.07, 6.45) is 1.52. The lowest BCUT2D eigenvalue weighted by Crippen LogP contribution is -2.14. The number of ether oxygens (including phenoxy) is 1. The van der Waals surface area contributed by atoms with Gasteiger partial charge in [0.1, 0.15) is 10.6 Å². The van der Waals surface area contributed by atoms with Crippen molar-refractivity contribution in [2.75, 3.05) is 11.3 Å². The molecule has 0 radical (unpaired) electrons. The molecule has 0 unspecified atom stereocenters. The fourth-order valence-electron chi connectivity index (χ4n) is 2.23. The Morgan fingerprint density at radius 1 is 1.29 bits per heavy atom. The number of aryl methyl sites for hydroxylation is 1. The van der Waals surface area contributed by atoms with Crippen molar-refractivity contribution < 1.29 is 17.7 Å². The van der Waals surface area contributed by atoms with E-state index in [9.17, 15) is 8.42 Å². The minimum absolute atomic E-state index is 0.213. The Morgan fingerprint density at radius 2 is 2.08 bits per heavy atom. The van der Waals surface area contributed by atoms with Crippen molar-refractivity contribution in [2.45, 2.75) is 18.7 Å². The standard InChI is InChI=1S/C16H16N2O4S2/c1-3-21-13-7-5-4-6-12(13)18-24(19,20)16-10-15(23-11(16)2)14-8-9-17-22-14/h4-10,18H,3H2,1-2H3. The van der Waals surface area contributed by atoms with Crippen molar-refractivity contribution in [3.8, 4) is 16.4 Å². The molecule has 3 rings (SSSR count). The average Bonchev–Trinajstić information content (AvgIpc) is 3.18. The lowest BCUT2D eigenvalue weighted by Gasteiger charge is -2.12. The van der Waals surface area contributed by atoms with Crippen LogP contribution in [0.3, 0.4) is 0 Å². The molecular weight excluding hydrogens is 348 g/mol. The van der Waals surface area contributed by atoms with Gasteiger partial charge in [0.25, 0.3) is 10.0 Å². The molecule has 2 aromatic heterocycles. The van der Waals surface area contributed by atoms with E-state index in [-0.39, 0.29) is 4.90 Å². The van der Waals surface area contributed by atoms with E-state index in [4.69, 9.17) is 9.26 Å². The predicted octanol–water partition coefficient (Wildman–Crippen LogP) is 3.91. The Morgan fingerprint density at radius 3 is 2.79 bits per heavy atom. The van der Waals surface area contributed by atoms with Crippen LogP contribution >= 0.6 is 11.3 Å². The summed E-state index contributed by atoms with van der Waals surface area (Å²) in [4.78, 5) is 1.59. The molecule has 2 heterocycles. The molecule has 1 aromatic carbocycles. The van der Waals surface area contributed by atoms with Crippen LogP contribution in [0.4, 0.5) is 5.69 Å². The summed E-state index contributed by atoms with van der Waals surface area (Å²) in [6, 6.07) is 10.2. The maximum Gasteiger partial charge on any atom is 0.263 e. The van der Waals surface area contributed by atoms with Crippen LogP contribution < -0.4 is 9.46 Å². The lowest BCUT2D eigenvalue weighted by atomic mass is 10.3. The van der Waals surface area contributed by atoms with Gasteiger partial charge in [0, 0.05) is 10.9 Å². The van der Waals surface area contributed by atoms with E-state index in [1.165, 1.54) is 17.5 Å². The average molecular weight is 364 g/mol. The zero-order valence-corrected chi connectivity index (χ0v) is 14.8.